The molecule has 3 aromatic carbocycles. The van der Waals surface area contributed by atoms with Crippen LogP contribution in [0.15, 0.2) is 78.9 Å². The van der Waals surface area contributed by atoms with Crippen molar-refractivity contribution in [3.05, 3.63) is 95.6 Å². The summed E-state index contributed by atoms with van der Waals surface area (Å²) in [7, 11) is 0. The van der Waals surface area contributed by atoms with E-state index in [9.17, 15) is 4.79 Å². The van der Waals surface area contributed by atoms with Crippen molar-refractivity contribution in [2.75, 3.05) is 6.61 Å². The van der Waals surface area contributed by atoms with Crippen molar-refractivity contribution in [1.29, 1.82) is 0 Å². The Kier molecular flexibility index (Phi) is 8.63. The van der Waals surface area contributed by atoms with E-state index in [0.29, 0.717) is 24.5 Å². The first-order valence-corrected chi connectivity index (χ1v) is 11.0. The van der Waals surface area contributed by atoms with Gasteiger partial charge in [0, 0.05) is 13.0 Å². The molecular formula is C26H28N2O3S. The lowest BCUT2D eigenvalue weighted by molar-refractivity contribution is 0.0972. The van der Waals surface area contributed by atoms with Crippen LogP contribution in [0.25, 0.3) is 0 Å². The number of thiocarbonyl (C=S) groups is 1. The van der Waals surface area contributed by atoms with Gasteiger partial charge in [0.1, 0.15) is 11.5 Å². The molecule has 0 aliphatic heterocycles. The monoisotopic (exact) mass is 448 g/mol. The highest BCUT2D eigenvalue weighted by Gasteiger charge is 2.13. The highest BCUT2D eigenvalue weighted by Crippen LogP contribution is 2.18. The molecule has 0 spiro atoms. The second kappa shape index (κ2) is 11.9. The third kappa shape index (κ3) is 7.39. The van der Waals surface area contributed by atoms with Gasteiger partial charge < -0.3 is 14.8 Å². The molecule has 0 unspecified atom stereocenters. The summed E-state index contributed by atoms with van der Waals surface area (Å²) in [4.78, 5) is 12.7. The lowest BCUT2D eigenvalue weighted by Gasteiger charge is -2.14. The predicted molar refractivity (Wildman–Crippen MR) is 131 cm³/mol. The quantitative estimate of drug-likeness (QED) is 0.456. The third-order valence-electron chi connectivity index (χ3n) is 4.60. The van der Waals surface area contributed by atoms with Crippen LogP contribution in [0.5, 0.6) is 11.5 Å². The van der Waals surface area contributed by atoms with Gasteiger partial charge in [-0.15, -0.1) is 0 Å². The van der Waals surface area contributed by atoms with Crippen LogP contribution in [0.2, 0.25) is 0 Å². The van der Waals surface area contributed by atoms with E-state index < -0.39 is 0 Å². The van der Waals surface area contributed by atoms with Crippen LogP contribution >= 0.6 is 12.2 Å². The van der Waals surface area contributed by atoms with Crippen LogP contribution in [0.4, 0.5) is 0 Å². The van der Waals surface area contributed by atoms with Gasteiger partial charge in [-0.25, -0.2) is 0 Å². The molecule has 2 N–H and O–H groups in total. The second-order valence-electron chi connectivity index (χ2n) is 7.53. The van der Waals surface area contributed by atoms with Gasteiger partial charge in [0.15, 0.2) is 5.11 Å². The molecule has 0 aliphatic rings. The van der Waals surface area contributed by atoms with Crippen LogP contribution < -0.4 is 20.1 Å². The smallest absolute Gasteiger partial charge is 0.261 e. The second-order valence-corrected chi connectivity index (χ2v) is 7.94. The van der Waals surface area contributed by atoms with Gasteiger partial charge in [-0.1, -0.05) is 54.6 Å². The molecule has 166 valence electrons. The van der Waals surface area contributed by atoms with Crippen molar-refractivity contribution < 1.29 is 14.3 Å². The molecule has 0 aliphatic carbocycles. The number of rotatable bonds is 9. The number of hydrogen-bond donors (Lipinski definition) is 2. The molecule has 32 heavy (non-hydrogen) atoms. The molecule has 0 radical (unpaired) electrons. The van der Waals surface area contributed by atoms with Crippen molar-refractivity contribution in [2.24, 2.45) is 0 Å². The van der Waals surface area contributed by atoms with E-state index in [4.69, 9.17) is 21.7 Å². The molecule has 0 heterocycles. The molecule has 3 rings (SSSR count). The Hall–Kier alpha value is -3.38. The summed E-state index contributed by atoms with van der Waals surface area (Å²) in [5.74, 6) is 1.05. The summed E-state index contributed by atoms with van der Waals surface area (Å²) in [6.07, 6.45) is 0.893. The SMILES string of the molecule is CC(C)Oc1ccc(CNC(=S)NC(=O)c2ccccc2OCCc2ccccc2)cc1. The summed E-state index contributed by atoms with van der Waals surface area (Å²) in [5, 5.41) is 6.05. The summed E-state index contributed by atoms with van der Waals surface area (Å²) in [5.41, 5.74) is 2.66. The molecule has 0 saturated carbocycles. The molecule has 0 saturated heterocycles. The first-order chi connectivity index (χ1) is 15.5. The number of carbonyl (C=O) groups excluding carboxylic acids is 1. The number of para-hydroxylation sites is 1. The summed E-state index contributed by atoms with van der Waals surface area (Å²) in [6, 6.07) is 25.0. The van der Waals surface area contributed by atoms with Crippen molar-refractivity contribution >= 4 is 23.2 Å². The van der Waals surface area contributed by atoms with Gasteiger partial charge in [-0.3, -0.25) is 10.1 Å². The Labute approximate surface area is 194 Å². The fourth-order valence-electron chi connectivity index (χ4n) is 3.06. The number of benzene rings is 3. The topological polar surface area (TPSA) is 59.6 Å². The molecule has 0 aromatic heterocycles. The first kappa shape index (κ1) is 23.3. The maximum absolute atomic E-state index is 12.7. The molecular weight excluding hydrogens is 420 g/mol. The van der Waals surface area contributed by atoms with Crippen LogP contribution in [0, 0.1) is 0 Å². The van der Waals surface area contributed by atoms with Crippen LogP contribution in [-0.2, 0) is 13.0 Å². The Morgan fingerprint density at radius 1 is 0.906 bits per heavy atom. The van der Waals surface area contributed by atoms with Crippen LogP contribution in [0.1, 0.15) is 35.3 Å². The van der Waals surface area contributed by atoms with Gasteiger partial charge in [0.2, 0.25) is 0 Å². The van der Waals surface area contributed by atoms with E-state index in [1.54, 1.807) is 18.2 Å². The average molecular weight is 449 g/mol. The Morgan fingerprint density at radius 2 is 1.59 bits per heavy atom. The van der Waals surface area contributed by atoms with Gasteiger partial charge in [-0.2, -0.15) is 0 Å². The Balaban J connectivity index is 1.50. The summed E-state index contributed by atoms with van der Waals surface area (Å²) >= 11 is 5.30. The van der Waals surface area contributed by atoms with E-state index in [2.05, 4.69) is 22.8 Å². The fourth-order valence-corrected chi connectivity index (χ4v) is 3.22. The fraction of sp³-hybridized carbons (Fsp3) is 0.231. The maximum Gasteiger partial charge on any atom is 0.261 e. The number of carbonyl (C=O) groups is 1. The molecule has 5 nitrogen and oxygen atoms in total. The molecule has 0 bridgehead atoms. The van der Waals surface area contributed by atoms with E-state index in [-0.39, 0.29) is 17.1 Å². The minimum atomic E-state index is -0.307. The minimum absolute atomic E-state index is 0.131. The highest BCUT2D eigenvalue weighted by molar-refractivity contribution is 7.80. The predicted octanol–water partition coefficient (Wildman–Crippen LogP) is 4.90. The molecule has 0 atom stereocenters. The number of ether oxygens (including phenoxy) is 2. The highest BCUT2D eigenvalue weighted by atomic mass is 32.1. The third-order valence-corrected chi connectivity index (χ3v) is 4.84. The standard InChI is InChI=1S/C26H28N2O3S/c1-19(2)31-22-14-12-21(13-15-22)18-27-26(32)28-25(29)23-10-6-7-11-24(23)30-17-16-20-8-4-3-5-9-20/h3-15,19H,16-18H2,1-2H3,(H2,27,28,29,32). The zero-order chi connectivity index (χ0) is 22.8. The zero-order valence-electron chi connectivity index (χ0n) is 18.3. The number of hydrogen-bond acceptors (Lipinski definition) is 4. The zero-order valence-corrected chi connectivity index (χ0v) is 19.2. The lowest BCUT2D eigenvalue weighted by Crippen LogP contribution is -2.39. The van der Waals surface area contributed by atoms with Crippen molar-refractivity contribution in [1.82, 2.24) is 10.6 Å². The largest absolute Gasteiger partial charge is 0.492 e. The Morgan fingerprint density at radius 3 is 2.31 bits per heavy atom. The van der Waals surface area contributed by atoms with E-state index in [1.807, 2.05) is 62.4 Å². The van der Waals surface area contributed by atoms with Crippen molar-refractivity contribution in [3.8, 4) is 11.5 Å². The number of amides is 1. The van der Waals surface area contributed by atoms with Gasteiger partial charge >= 0.3 is 0 Å². The van der Waals surface area contributed by atoms with Crippen molar-refractivity contribution in [2.45, 2.75) is 32.9 Å². The lowest BCUT2D eigenvalue weighted by atomic mass is 10.1. The van der Waals surface area contributed by atoms with E-state index in [0.717, 1.165) is 17.7 Å². The van der Waals surface area contributed by atoms with Crippen LogP contribution in [-0.4, -0.2) is 23.7 Å². The summed E-state index contributed by atoms with van der Waals surface area (Å²) in [6.45, 7) is 4.95. The average Bonchev–Trinajstić information content (AvgIpc) is 2.79. The molecule has 1 amide bonds. The maximum atomic E-state index is 12.7. The molecule has 0 fully saturated rings. The van der Waals surface area contributed by atoms with Crippen LogP contribution in [0.3, 0.4) is 0 Å². The Bertz CT molecular complexity index is 1020. The van der Waals surface area contributed by atoms with E-state index >= 15 is 0 Å². The van der Waals surface area contributed by atoms with Crippen molar-refractivity contribution in [3.63, 3.8) is 0 Å². The normalized spacial score (nSPS) is 10.5. The van der Waals surface area contributed by atoms with E-state index in [1.165, 1.54) is 5.56 Å². The molecule has 6 heteroatoms. The van der Waals surface area contributed by atoms with Gasteiger partial charge in [0.25, 0.3) is 5.91 Å². The first-order valence-electron chi connectivity index (χ1n) is 10.6. The molecule has 3 aromatic rings. The van der Waals surface area contributed by atoms with Gasteiger partial charge in [-0.05, 0) is 61.5 Å². The summed E-state index contributed by atoms with van der Waals surface area (Å²) < 4.78 is 11.5. The minimum Gasteiger partial charge on any atom is -0.492 e. The van der Waals surface area contributed by atoms with Gasteiger partial charge in [0.05, 0.1) is 18.3 Å². The number of nitrogens with one attached hydrogen (secondary N) is 2.